The lowest BCUT2D eigenvalue weighted by molar-refractivity contribution is -0.137. The molecule has 148 valence electrons. The van der Waals surface area contributed by atoms with Gasteiger partial charge < -0.3 is 10.2 Å². The SMILES string of the molecule is CC(C(=O)N1CCCCCC1)N1CCC(C(=O)NCc2ccccc2)CC1. The number of hydrogen-bond donors (Lipinski definition) is 1. The summed E-state index contributed by atoms with van der Waals surface area (Å²) in [5, 5.41) is 3.06. The molecule has 2 heterocycles. The summed E-state index contributed by atoms with van der Waals surface area (Å²) in [6.07, 6.45) is 6.39. The fraction of sp³-hybridized carbons (Fsp3) is 0.636. The van der Waals surface area contributed by atoms with Gasteiger partial charge in [-0.3, -0.25) is 14.5 Å². The first-order valence-corrected chi connectivity index (χ1v) is 10.5. The zero-order chi connectivity index (χ0) is 19.1. The summed E-state index contributed by atoms with van der Waals surface area (Å²) in [5.41, 5.74) is 1.12. The molecule has 1 aromatic carbocycles. The Hall–Kier alpha value is -1.88. The molecule has 3 rings (SSSR count). The zero-order valence-electron chi connectivity index (χ0n) is 16.5. The van der Waals surface area contributed by atoms with E-state index in [-0.39, 0.29) is 23.8 Å². The van der Waals surface area contributed by atoms with Crippen LogP contribution in [0.15, 0.2) is 30.3 Å². The Morgan fingerprint density at radius 1 is 1.00 bits per heavy atom. The topological polar surface area (TPSA) is 52.7 Å². The third kappa shape index (κ3) is 5.55. The van der Waals surface area contributed by atoms with Gasteiger partial charge in [0.1, 0.15) is 0 Å². The first kappa shape index (κ1) is 19.9. The van der Waals surface area contributed by atoms with Crippen LogP contribution in [0.5, 0.6) is 0 Å². The van der Waals surface area contributed by atoms with Gasteiger partial charge in [0.15, 0.2) is 0 Å². The van der Waals surface area contributed by atoms with Crippen molar-refractivity contribution in [3.05, 3.63) is 35.9 Å². The molecule has 2 aliphatic rings. The molecule has 0 saturated carbocycles. The number of nitrogens with one attached hydrogen (secondary N) is 1. The lowest BCUT2D eigenvalue weighted by atomic mass is 9.94. The van der Waals surface area contributed by atoms with Crippen molar-refractivity contribution < 1.29 is 9.59 Å². The van der Waals surface area contributed by atoms with Gasteiger partial charge in [-0.25, -0.2) is 0 Å². The second-order valence-electron chi connectivity index (χ2n) is 7.93. The Bertz CT molecular complexity index is 603. The molecule has 5 nitrogen and oxygen atoms in total. The summed E-state index contributed by atoms with van der Waals surface area (Å²) < 4.78 is 0. The van der Waals surface area contributed by atoms with E-state index in [1.165, 1.54) is 12.8 Å². The fourth-order valence-corrected chi connectivity index (χ4v) is 4.19. The Labute approximate surface area is 163 Å². The van der Waals surface area contributed by atoms with Crippen molar-refractivity contribution in [3.8, 4) is 0 Å². The predicted octanol–water partition coefficient (Wildman–Crippen LogP) is 2.81. The number of piperidine rings is 1. The van der Waals surface area contributed by atoms with E-state index >= 15 is 0 Å². The van der Waals surface area contributed by atoms with Crippen LogP contribution in [0.3, 0.4) is 0 Å². The van der Waals surface area contributed by atoms with Gasteiger partial charge >= 0.3 is 0 Å². The van der Waals surface area contributed by atoms with Gasteiger partial charge in [-0.1, -0.05) is 43.2 Å². The Balaban J connectivity index is 1.43. The highest BCUT2D eigenvalue weighted by molar-refractivity contribution is 5.82. The largest absolute Gasteiger partial charge is 0.352 e. The maximum atomic E-state index is 12.8. The van der Waals surface area contributed by atoms with Crippen LogP contribution in [0.4, 0.5) is 0 Å². The number of carbonyl (C=O) groups excluding carboxylic acids is 2. The van der Waals surface area contributed by atoms with E-state index in [1.807, 2.05) is 37.3 Å². The molecule has 2 aliphatic heterocycles. The van der Waals surface area contributed by atoms with Crippen LogP contribution in [0, 0.1) is 5.92 Å². The minimum Gasteiger partial charge on any atom is -0.352 e. The first-order valence-electron chi connectivity index (χ1n) is 10.5. The molecule has 1 N–H and O–H groups in total. The minimum atomic E-state index is -0.0728. The van der Waals surface area contributed by atoms with Crippen molar-refractivity contribution in [1.29, 1.82) is 0 Å². The Morgan fingerprint density at radius 2 is 1.63 bits per heavy atom. The Morgan fingerprint density at radius 3 is 2.26 bits per heavy atom. The molecule has 0 spiro atoms. The van der Waals surface area contributed by atoms with Crippen LogP contribution in [0.1, 0.15) is 51.0 Å². The smallest absolute Gasteiger partial charge is 0.239 e. The van der Waals surface area contributed by atoms with Gasteiger partial charge in [-0.2, -0.15) is 0 Å². The van der Waals surface area contributed by atoms with E-state index in [2.05, 4.69) is 15.1 Å². The van der Waals surface area contributed by atoms with E-state index in [1.54, 1.807) is 0 Å². The van der Waals surface area contributed by atoms with Gasteiger partial charge in [-0.15, -0.1) is 0 Å². The highest BCUT2D eigenvalue weighted by atomic mass is 16.2. The molecule has 0 aliphatic carbocycles. The number of hydrogen-bond acceptors (Lipinski definition) is 3. The van der Waals surface area contributed by atoms with Gasteiger partial charge in [0.2, 0.25) is 11.8 Å². The van der Waals surface area contributed by atoms with Gasteiger partial charge in [0.25, 0.3) is 0 Å². The number of benzene rings is 1. The number of likely N-dealkylation sites (tertiary alicyclic amines) is 2. The summed E-state index contributed by atoms with van der Waals surface area (Å²) >= 11 is 0. The molecular formula is C22H33N3O2. The van der Waals surface area contributed by atoms with Crippen molar-refractivity contribution in [2.45, 2.75) is 58.0 Å². The van der Waals surface area contributed by atoms with Crippen LogP contribution in [-0.2, 0) is 16.1 Å². The van der Waals surface area contributed by atoms with Gasteiger partial charge in [0, 0.05) is 25.6 Å². The highest BCUT2D eigenvalue weighted by Gasteiger charge is 2.31. The molecule has 1 aromatic rings. The molecule has 1 unspecified atom stereocenters. The quantitative estimate of drug-likeness (QED) is 0.866. The number of amides is 2. The third-order valence-corrected chi connectivity index (χ3v) is 6.03. The van der Waals surface area contributed by atoms with Crippen LogP contribution in [-0.4, -0.2) is 53.8 Å². The summed E-state index contributed by atoms with van der Waals surface area (Å²) in [4.78, 5) is 29.6. The predicted molar refractivity (Wildman–Crippen MR) is 107 cm³/mol. The van der Waals surface area contributed by atoms with E-state index in [0.717, 1.165) is 57.4 Å². The van der Waals surface area contributed by atoms with Crippen molar-refractivity contribution in [3.63, 3.8) is 0 Å². The lowest BCUT2D eigenvalue weighted by Crippen LogP contribution is -2.51. The molecular weight excluding hydrogens is 338 g/mol. The van der Waals surface area contributed by atoms with Crippen molar-refractivity contribution in [2.75, 3.05) is 26.2 Å². The maximum absolute atomic E-state index is 12.8. The van der Waals surface area contributed by atoms with Crippen LogP contribution >= 0.6 is 0 Å². The minimum absolute atomic E-state index is 0.0606. The molecule has 2 fully saturated rings. The van der Waals surface area contributed by atoms with Crippen molar-refractivity contribution in [1.82, 2.24) is 15.1 Å². The van der Waals surface area contributed by atoms with Crippen molar-refractivity contribution in [2.24, 2.45) is 5.92 Å². The molecule has 5 heteroatoms. The van der Waals surface area contributed by atoms with E-state index < -0.39 is 0 Å². The Kier molecular flexibility index (Phi) is 7.27. The molecule has 2 amide bonds. The molecule has 1 atom stereocenters. The third-order valence-electron chi connectivity index (χ3n) is 6.03. The zero-order valence-corrected chi connectivity index (χ0v) is 16.5. The van der Waals surface area contributed by atoms with Gasteiger partial charge in [0.05, 0.1) is 6.04 Å². The first-order chi connectivity index (χ1) is 13.1. The molecule has 2 saturated heterocycles. The second kappa shape index (κ2) is 9.88. The molecule has 0 bridgehead atoms. The fourth-order valence-electron chi connectivity index (χ4n) is 4.19. The standard InChI is InChI=1S/C22H33N3O2/c1-18(22(27)25-13-7-2-3-8-14-25)24-15-11-20(12-16-24)21(26)23-17-19-9-5-4-6-10-19/h4-6,9-10,18,20H,2-3,7-8,11-17H2,1H3,(H,23,26). The molecule has 0 radical (unpaired) electrons. The van der Waals surface area contributed by atoms with E-state index in [0.29, 0.717) is 6.54 Å². The van der Waals surface area contributed by atoms with E-state index in [4.69, 9.17) is 0 Å². The molecule has 0 aromatic heterocycles. The maximum Gasteiger partial charge on any atom is 0.239 e. The lowest BCUT2D eigenvalue weighted by Gasteiger charge is -2.36. The number of carbonyl (C=O) groups is 2. The van der Waals surface area contributed by atoms with Crippen LogP contribution in [0.2, 0.25) is 0 Å². The van der Waals surface area contributed by atoms with E-state index in [9.17, 15) is 9.59 Å². The average Bonchev–Trinajstić information content (AvgIpc) is 3.01. The second-order valence-corrected chi connectivity index (χ2v) is 7.93. The summed E-state index contributed by atoms with van der Waals surface area (Å²) in [6, 6.07) is 9.94. The summed E-state index contributed by atoms with van der Waals surface area (Å²) in [7, 11) is 0. The van der Waals surface area contributed by atoms with Crippen LogP contribution < -0.4 is 5.32 Å². The van der Waals surface area contributed by atoms with Crippen molar-refractivity contribution >= 4 is 11.8 Å². The monoisotopic (exact) mass is 371 g/mol. The summed E-state index contributed by atoms with van der Waals surface area (Å²) in [5.74, 6) is 0.472. The normalized spacial score (nSPS) is 20.7. The average molecular weight is 372 g/mol. The number of rotatable bonds is 5. The highest BCUT2D eigenvalue weighted by Crippen LogP contribution is 2.21. The number of nitrogens with zero attached hydrogens (tertiary/aromatic N) is 2. The summed E-state index contributed by atoms with van der Waals surface area (Å²) in [6.45, 7) is 6.07. The van der Waals surface area contributed by atoms with Gasteiger partial charge in [-0.05, 0) is 51.3 Å². The molecule has 27 heavy (non-hydrogen) atoms. The van der Waals surface area contributed by atoms with Crippen LogP contribution in [0.25, 0.3) is 0 Å².